The third-order valence-electron chi connectivity index (χ3n) is 2.77. The average Bonchev–Trinajstić information content (AvgIpc) is 2.58. The number of aryl methyl sites for hydroxylation is 1. The van der Waals surface area contributed by atoms with E-state index in [0.717, 1.165) is 12.0 Å². The van der Waals surface area contributed by atoms with Gasteiger partial charge in [-0.05, 0) is 32.0 Å². The minimum atomic E-state index is -0.478. The van der Waals surface area contributed by atoms with Gasteiger partial charge in [0, 0.05) is 17.0 Å². The number of hydrogen-bond acceptors (Lipinski definition) is 1. The van der Waals surface area contributed by atoms with E-state index in [4.69, 9.17) is 11.6 Å². The van der Waals surface area contributed by atoms with E-state index in [1.54, 1.807) is 29.7 Å². The lowest BCUT2D eigenvalue weighted by Crippen LogP contribution is -2.02. The molecule has 0 N–H and O–H groups in total. The van der Waals surface area contributed by atoms with E-state index in [9.17, 15) is 9.18 Å². The molecule has 0 amide bonds. The summed E-state index contributed by atoms with van der Waals surface area (Å²) in [5, 5.41) is 0.0719. The van der Waals surface area contributed by atoms with Crippen molar-refractivity contribution in [2.24, 2.45) is 0 Å². The maximum absolute atomic E-state index is 13.9. The molecule has 0 spiro atoms. The van der Waals surface area contributed by atoms with Gasteiger partial charge in [0.1, 0.15) is 0 Å². The SMILES string of the molecule is Cc1cc(C=O)c(C)n1-c1cccc(Cl)c1F. The molecule has 0 saturated carbocycles. The monoisotopic (exact) mass is 251 g/mol. The molecule has 0 saturated heterocycles. The van der Waals surface area contributed by atoms with Gasteiger partial charge >= 0.3 is 0 Å². The molecule has 0 aliphatic heterocycles. The van der Waals surface area contributed by atoms with Gasteiger partial charge in [-0.25, -0.2) is 4.39 Å². The molecular formula is C13H11ClFNO. The maximum atomic E-state index is 13.9. The van der Waals surface area contributed by atoms with Crippen LogP contribution in [0.4, 0.5) is 4.39 Å². The predicted octanol–water partition coefficient (Wildman–Crippen LogP) is 3.70. The molecule has 0 radical (unpaired) electrons. The Kier molecular flexibility index (Phi) is 3.03. The first-order valence-electron chi connectivity index (χ1n) is 5.14. The van der Waals surface area contributed by atoms with Crippen LogP contribution in [0.25, 0.3) is 5.69 Å². The zero-order valence-electron chi connectivity index (χ0n) is 9.50. The summed E-state index contributed by atoms with van der Waals surface area (Å²) in [6.07, 6.45) is 0.765. The molecule has 2 aromatic rings. The summed E-state index contributed by atoms with van der Waals surface area (Å²) in [4.78, 5) is 10.8. The molecule has 88 valence electrons. The maximum Gasteiger partial charge on any atom is 0.165 e. The van der Waals surface area contributed by atoms with Crippen molar-refractivity contribution in [2.45, 2.75) is 13.8 Å². The van der Waals surface area contributed by atoms with E-state index in [1.807, 2.05) is 6.92 Å². The first kappa shape index (κ1) is 11.9. The third-order valence-corrected chi connectivity index (χ3v) is 3.06. The predicted molar refractivity (Wildman–Crippen MR) is 65.6 cm³/mol. The van der Waals surface area contributed by atoms with E-state index in [-0.39, 0.29) is 5.02 Å². The van der Waals surface area contributed by atoms with Crippen molar-refractivity contribution in [3.63, 3.8) is 0 Å². The molecule has 2 nitrogen and oxygen atoms in total. The number of aldehydes is 1. The molecule has 1 heterocycles. The third kappa shape index (κ3) is 1.87. The lowest BCUT2D eigenvalue weighted by molar-refractivity contribution is 0.112. The lowest BCUT2D eigenvalue weighted by Gasteiger charge is -2.11. The van der Waals surface area contributed by atoms with Crippen LogP contribution >= 0.6 is 11.6 Å². The van der Waals surface area contributed by atoms with Gasteiger partial charge in [-0.15, -0.1) is 0 Å². The number of halogens is 2. The first-order valence-corrected chi connectivity index (χ1v) is 5.52. The topological polar surface area (TPSA) is 22.0 Å². The number of hydrogen-bond donors (Lipinski definition) is 0. The molecule has 0 aliphatic rings. The van der Waals surface area contributed by atoms with E-state index < -0.39 is 5.82 Å². The normalized spacial score (nSPS) is 10.6. The quantitative estimate of drug-likeness (QED) is 0.746. The Hall–Kier alpha value is -1.61. The Balaban J connectivity index is 2.72. The van der Waals surface area contributed by atoms with Crippen LogP contribution in [0.2, 0.25) is 5.02 Å². The number of benzene rings is 1. The highest BCUT2D eigenvalue weighted by atomic mass is 35.5. The van der Waals surface area contributed by atoms with Crippen LogP contribution in [-0.2, 0) is 0 Å². The molecule has 4 heteroatoms. The smallest absolute Gasteiger partial charge is 0.165 e. The highest BCUT2D eigenvalue weighted by Gasteiger charge is 2.14. The second kappa shape index (κ2) is 4.34. The molecule has 1 aromatic carbocycles. The summed E-state index contributed by atoms with van der Waals surface area (Å²) in [5.41, 5.74) is 2.42. The molecule has 0 atom stereocenters. The van der Waals surface area contributed by atoms with Crippen molar-refractivity contribution in [1.29, 1.82) is 0 Å². The Morgan fingerprint density at radius 1 is 1.35 bits per heavy atom. The number of aromatic nitrogens is 1. The Morgan fingerprint density at radius 3 is 2.65 bits per heavy atom. The highest BCUT2D eigenvalue weighted by Crippen LogP contribution is 2.25. The molecule has 0 fully saturated rings. The van der Waals surface area contributed by atoms with E-state index in [2.05, 4.69) is 0 Å². The molecule has 0 bridgehead atoms. The summed E-state index contributed by atoms with van der Waals surface area (Å²) >= 11 is 5.75. The van der Waals surface area contributed by atoms with Gasteiger partial charge in [-0.2, -0.15) is 0 Å². The summed E-state index contributed by atoms with van der Waals surface area (Å²) in [7, 11) is 0. The van der Waals surface area contributed by atoms with Crippen LogP contribution in [0, 0.1) is 19.7 Å². The first-order chi connectivity index (χ1) is 8.06. The van der Waals surface area contributed by atoms with Crippen LogP contribution in [-0.4, -0.2) is 10.9 Å². The van der Waals surface area contributed by atoms with Crippen LogP contribution in [0.3, 0.4) is 0 Å². The van der Waals surface area contributed by atoms with Crippen molar-refractivity contribution in [3.8, 4) is 5.69 Å². The Labute approximate surface area is 104 Å². The molecule has 17 heavy (non-hydrogen) atoms. The summed E-state index contributed by atoms with van der Waals surface area (Å²) in [5.74, 6) is -0.478. The molecule has 2 rings (SSSR count). The number of rotatable bonds is 2. The van der Waals surface area contributed by atoms with E-state index in [1.165, 1.54) is 6.07 Å². The minimum Gasteiger partial charge on any atom is -0.315 e. The molecule has 0 unspecified atom stereocenters. The second-order valence-corrected chi connectivity index (χ2v) is 4.26. The zero-order valence-corrected chi connectivity index (χ0v) is 10.3. The highest BCUT2D eigenvalue weighted by molar-refractivity contribution is 6.30. The fourth-order valence-corrected chi connectivity index (χ4v) is 2.11. The summed E-state index contributed by atoms with van der Waals surface area (Å²) in [6, 6.07) is 6.54. The van der Waals surface area contributed by atoms with Crippen molar-refractivity contribution >= 4 is 17.9 Å². The van der Waals surface area contributed by atoms with E-state index >= 15 is 0 Å². The van der Waals surface area contributed by atoms with E-state index in [0.29, 0.717) is 16.9 Å². The molecule has 1 aromatic heterocycles. The zero-order chi connectivity index (χ0) is 12.6. The minimum absolute atomic E-state index is 0.0719. The van der Waals surface area contributed by atoms with Crippen molar-refractivity contribution in [2.75, 3.05) is 0 Å². The number of nitrogens with zero attached hydrogens (tertiary/aromatic N) is 1. The van der Waals surface area contributed by atoms with Crippen molar-refractivity contribution in [1.82, 2.24) is 4.57 Å². The van der Waals surface area contributed by atoms with Gasteiger partial charge in [0.2, 0.25) is 0 Å². The average molecular weight is 252 g/mol. The van der Waals surface area contributed by atoms with Crippen molar-refractivity contribution in [3.05, 3.63) is 52.1 Å². The lowest BCUT2D eigenvalue weighted by atomic mass is 10.2. The van der Waals surface area contributed by atoms with Crippen LogP contribution in [0.15, 0.2) is 24.3 Å². The van der Waals surface area contributed by atoms with Crippen LogP contribution in [0.1, 0.15) is 21.7 Å². The fraction of sp³-hybridized carbons (Fsp3) is 0.154. The van der Waals surface area contributed by atoms with Gasteiger partial charge in [-0.1, -0.05) is 17.7 Å². The standard InChI is InChI=1S/C13H11ClFNO/c1-8-6-10(7-17)9(2)16(8)12-5-3-4-11(14)13(12)15/h3-7H,1-2H3. The van der Waals surface area contributed by atoms with Gasteiger partial charge in [0.15, 0.2) is 12.1 Å². The summed E-state index contributed by atoms with van der Waals surface area (Å²) < 4.78 is 15.6. The fourth-order valence-electron chi connectivity index (χ4n) is 1.94. The van der Waals surface area contributed by atoms with Crippen LogP contribution < -0.4 is 0 Å². The van der Waals surface area contributed by atoms with Crippen LogP contribution in [0.5, 0.6) is 0 Å². The van der Waals surface area contributed by atoms with Crippen molar-refractivity contribution < 1.29 is 9.18 Å². The van der Waals surface area contributed by atoms with Gasteiger partial charge in [0.25, 0.3) is 0 Å². The molecular weight excluding hydrogens is 241 g/mol. The Morgan fingerprint density at radius 2 is 2.06 bits per heavy atom. The van der Waals surface area contributed by atoms with Gasteiger partial charge < -0.3 is 4.57 Å². The second-order valence-electron chi connectivity index (χ2n) is 3.85. The largest absolute Gasteiger partial charge is 0.315 e. The van der Waals surface area contributed by atoms with Gasteiger partial charge in [-0.3, -0.25) is 4.79 Å². The Bertz CT molecular complexity index is 589. The number of carbonyl (C=O) groups is 1. The van der Waals surface area contributed by atoms with Gasteiger partial charge in [0.05, 0.1) is 10.7 Å². The number of carbonyl (C=O) groups excluding carboxylic acids is 1. The molecule has 0 aliphatic carbocycles. The summed E-state index contributed by atoms with van der Waals surface area (Å²) in [6.45, 7) is 3.59.